The van der Waals surface area contributed by atoms with Gasteiger partial charge in [0.15, 0.2) is 0 Å². The van der Waals surface area contributed by atoms with Crippen LogP contribution in [0.1, 0.15) is 20.3 Å². The number of sulfonamides is 1. The number of hydrogen-bond acceptors (Lipinski definition) is 3. The molecule has 6 heteroatoms. The topological polar surface area (TPSA) is 63.2 Å². The first-order valence-electron chi connectivity index (χ1n) is 4.18. The van der Waals surface area contributed by atoms with Gasteiger partial charge in [-0.2, -0.15) is 0 Å². The largest absolute Gasteiger partial charge is 0.260 e. The summed E-state index contributed by atoms with van der Waals surface area (Å²) < 4.78 is 35.6. The van der Waals surface area contributed by atoms with Gasteiger partial charge in [-0.25, -0.2) is 13.1 Å². The van der Waals surface area contributed by atoms with Crippen LogP contribution in [0.3, 0.4) is 0 Å². The highest BCUT2D eigenvalue weighted by Crippen LogP contribution is 1.93. The monoisotopic (exact) mass is 227 g/mol. The van der Waals surface area contributed by atoms with Crippen LogP contribution in [0, 0.1) is 0 Å². The molecule has 0 fully saturated rings. The van der Waals surface area contributed by atoms with E-state index in [2.05, 4.69) is 4.72 Å². The number of rotatable bonds is 6. The van der Waals surface area contributed by atoms with Gasteiger partial charge in [0.05, 0.1) is 5.75 Å². The minimum atomic E-state index is -3.14. The van der Waals surface area contributed by atoms with Crippen molar-refractivity contribution in [2.75, 3.05) is 18.6 Å². The molecule has 0 heterocycles. The van der Waals surface area contributed by atoms with E-state index in [4.69, 9.17) is 0 Å². The summed E-state index contributed by atoms with van der Waals surface area (Å²) in [4.78, 5) is 0. The van der Waals surface area contributed by atoms with Gasteiger partial charge in [0, 0.05) is 28.9 Å². The lowest BCUT2D eigenvalue weighted by atomic mass is 10.5. The Balaban J connectivity index is 3.95. The predicted molar refractivity (Wildman–Crippen MR) is 55.6 cm³/mol. The fourth-order valence-corrected chi connectivity index (χ4v) is 2.31. The third-order valence-electron chi connectivity index (χ3n) is 1.63. The van der Waals surface area contributed by atoms with E-state index < -0.39 is 20.8 Å². The van der Waals surface area contributed by atoms with E-state index in [0.29, 0.717) is 6.42 Å². The normalized spacial score (nSPS) is 16.8. The van der Waals surface area contributed by atoms with E-state index in [-0.39, 0.29) is 17.5 Å². The Morgan fingerprint density at radius 3 is 2.38 bits per heavy atom. The van der Waals surface area contributed by atoms with Crippen molar-refractivity contribution in [3.8, 4) is 0 Å². The van der Waals surface area contributed by atoms with Gasteiger partial charge < -0.3 is 0 Å². The summed E-state index contributed by atoms with van der Waals surface area (Å²) in [6, 6.07) is 0. The molecule has 13 heavy (non-hydrogen) atoms. The summed E-state index contributed by atoms with van der Waals surface area (Å²) in [5.74, 6) is 0.135. The standard InChI is InChI=1S/C7H17NO3S2/c1-4-5-13(10,11)8-6-7(2)12(3)9/h7-8H,4-6H2,1-3H3. The highest BCUT2D eigenvalue weighted by Gasteiger charge is 2.12. The summed E-state index contributed by atoms with van der Waals surface area (Å²) in [5.41, 5.74) is 0. The predicted octanol–water partition coefficient (Wildman–Crippen LogP) is 0.0828. The van der Waals surface area contributed by atoms with Crippen LogP contribution in [0.5, 0.6) is 0 Å². The first kappa shape index (κ1) is 13.1. The van der Waals surface area contributed by atoms with Gasteiger partial charge in [-0.05, 0) is 13.3 Å². The third-order valence-corrected chi connectivity index (χ3v) is 4.48. The molecule has 80 valence electrons. The fraction of sp³-hybridized carbons (Fsp3) is 1.00. The number of hydrogen-bond donors (Lipinski definition) is 1. The summed E-state index contributed by atoms with van der Waals surface area (Å²) >= 11 is 0. The quantitative estimate of drug-likeness (QED) is 0.699. The Kier molecular flexibility index (Phi) is 5.75. The molecule has 0 aromatic heterocycles. The van der Waals surface area contributed by atoms with Gasteiger partial charge in [0.25, 0.3) is 0 Å². The van der Waals surface area contributed by atoms with Crippen molar-refractivity contribution in [3.63, 3.8) is 0 Å². The second-order valence-electron chi connectivity index (χ2n) is 2.98. The minimum absolute atomic E-state index is 0.133. The van der Waals surface area contributed by atoms with E-state index in [1.807, 2.05) is 0 Å². The van der Waals surface area contributed by atoms with Gasteiger partial charge in [0.1, 0.15) is 0 Å². The zero-order chi connectivity index (χ0) is 10.5. The first-order valence-corrected chi connectivity index (χ1v) is 7.46. The maximum absolute atomic E-state index is 11.1. The summed E-state index contributed by atoms with van der Waals surface area (Å²) in [6.45, 7) is 3.82. The van der Waals surface area contributed by atoms with Crippen LogP contribution in [-0.2, 0) is 20.8 Å². The molecule has 0 aromatic carbocycles. The van der Waals surface area contributed by atoms with Gasteiger partial charge >= 0.3 is 0 Å². The second-order valence-corrected chi connectivity index (χ2v) is 6.70. The van der Waals surface area contributed by atoms with Crippen LogP contribution in [0.4, 0.5) is 0 Å². The number of nitrogens with one attached hydrogen (secondary N) is 1. The molecule has 0 rings (SSSR count). The van der Waals surface area contributed by atoms with Crippen molar-refractivity contribution >= 4 is 20.8 Å². The van der Waals surface area contributed by atoms with Crippen LogP contribution >= 0.6 is 0 Å². The SMILES string of the molecule is CCCS(=O)(=O)NCC(C)S(C)=O. The van der Waals surface area contributed by atoms with E-state index in [1.54, 1.807) is 20.1 Å². The molecule has 0 amide bonds. The molecule has 0 radical (unpaired) electrons. The van der Waals surface area contributed by atoms with Crippen molar-refractivity contribution in [2.45, 2.75) is 25.5 Å². The van der Waals surface area contributed by atoms with Crippen LogP contribution in [0.15, 0.2) is 0 Å². The van der Waals surface area contributed by atoms with E-state index in [9.17, 15) is 12.6 Å². The van der Waals surface area contributed by atoms with Crippen molar-refractivity contribution in [1.29, 1.82) is 0 Å². The smallest absolute Gasteiger partial charge is 0.211 e. The lowest BCUT2D eigenvalue weighted by molar-refractivity contribution is 0.579. The summed E-state index contributed by atoms with van der Waals surface area (Å²) in [6.07, 6.45) is 2.16. The average molecular weight is 227 g/mol. The first-order chi connectivity index (χ1) is 5.89. The van der Waals surface area contributed by atoms with Gasteiger partial charge in [-0.3, -0.25) is 4.21 Å². The molecule has 4 nitrogen and oxygen atoms in total. The Labute approximate surface area is 82.6 Å². The maximum atomic E-state index is 11.1. The molecular formula is C7H17NO3S2. The summed E-state index contributed by atoms with van der Waals surface area (Å²) in [7, 11) is -4.12. The van der Waals surface area contributed by atoms with Crippen LogP contribution in [0.2, 0.25) is 0 Å². The molecule has 0 aliphatic carbocycles. The Hall–Kier alpha value is 0.0600. The minimum Gasteiger partial charge on any atom is -0.260 e. The molecular weight excluding hydrogens is 210 g/mol. The fourth-order valence-electron chi connectivity index (χ4n) is 0.703. The molecule has 0 saturated heterocycles. The van der Waals surface area contributed by atoms with E-state index in [1.165, 1.54) is 0 Å². The van der Waals surface area contributed by atoms with Crippen molar-refractivity contribution < 1.29 is 12.6 Å². The van der Waals surface area contributed by atoms with Gasteiger partial charge in [0.2, 0.25) is 10.0 Å². The van der Waals surface area contributed by atoms with E-state index in [0.717, 1.165) is 0 Å². The van der Waals surface area contributed by atoms with Crippen molar-refractivity contribution in [1.82, 2.24) is 4.72 Å². The molecule has 0 aromatic rings. The third kappa shape index (κ3) is 6.17. The summed E-state index contributed by atoms with van der Waals surface area (Å²) in [5, 5.41) is -0.133. The lowest BCUT2D eigenvalue weighted by Crippen LogP contribution is -2.33. The van der Waals surface area contributed by atoms with E-state index >= 15 is 0 Å². The molecule has 0 spiro atoms. The molecule has 0 aliphatic rings. The van der Waals surface area contributed by atoms with Gasteiger partial charge in [-0.15, -0.1) is 0 Å². The highest BCUT2D eigenvalue weighted by atomic mass is 32.2. The lowest BCUT2D eigenvalue weighted by Gasteiger charge is -2.09. The van der Waals surface area contributed by atoms with Crippen LogP contribution in [0.25, 0.3) is 0 Å². The molecule has 1 N–H and O–H groups in total. The maximum Gasteiger partial charge on any atom is 0.211 e. The highest BCUT2D eigenvalue weighted by molar-refractivity contribution is 7.89. The molecule has 2 atom stereocenters. The Bertz CT molecular complexity index is 261. The van der Waals surface area contributed by atoms with Crippen molar-refractivity contribution in [3.05, 3.63) is 0 Å². The molecule has 2 unspecified atom stereocenters. The van der Waals surface area contributed by atoms with Gasteiger partial charge in [-0.1, -0.05) is 6.92 Å². The Morgan fingerprint density at radius 2 is 2.00 bits per heavy atom. The van der Waals surface area contributed by atoms with Crippen molar-refractivity contribution in [2.24, 2.45) is 0 Å². The Morgan fingerprint density at radius 1 is 1.46 bits per heavy atom. The molecule has 0 aliphatic heterocycles. The zero-order valence-electron chi connectivity index (χ0n) is 8.24. The molecule has 0 saturated carbocycles. The van der Waals surface area contributed by atoms with Crippen LogP contribution in [-0.4, -0.2) is 36.4 Å². The zero-order valence-corrected chi connectivity index (χ0v) is 9.87. The second kappa shape index (κ2) is 5.72. The average Bonchev–Trinajstić information content (AvgIpc) is 2.00. The van der Waals surface area contributed by atoms with Crippen LogP contribution < -0.4 is 4.72 Å². The molecule has 0 bridgehead atoms.